The summed E-state index contributed by atoms with van der Waals surface area (Å²) in [6, 6.07) is 1.95. The fraction of sp³-hybridized carbons (Fsp3) is 0.722. The molecule has 0 aliphatic carbocycles. The van der Waals surface area contributed by atoms with E-state index in [1.54, 1.807) is 0 Å². The molecule has 2 fully saturated rings. The Morgan fingerprint density at radius 1 is 1.35 bits per heavy atom. The summed E-state index contributed by atoms with van der Waals surface area (Å²) in [5, 5.41) is 3.05. The third kappa shape index (κ3) is 4.15. The lowest BCUT2D eigenvalue weighted by atomic mass is 10.1. The molecule has 0 aromatic carbocycles. The van der Waals surface area contributed by atoms with E-state index in [1.165, 1.54) is 18.4 Å². The van der Waals surface area contributed by atoms with Crippen LogP contribution in [0.5, 0.6) is 0 Å². The van der Waals surface area contributed by atoms with Crippen molar-refractivity contribution in [3.8, 4) is 0 Å². The van der Waals surface area contributed by atoms with Crippen LogP contribution in [-0.4, -0.2) is 55.5 Å². The van der Waals surface area contributed by atoms with E-state index in [0.29, 0.717) is 11.7 Å². The van der Waals surface area contributed by atoms with Crippen molar-refractivity contribution in [2.75, 3.05) is 39.8 Å². The third-order valence-electron chi connectivity index (χ3n) is 5.07. The molecule has 0 saturated carbocycles. The van der Waals surface area contributed by atoms with Gasteiger partial charge in [-0.1, -0.05) is 6.92 Å². The normalized spacial score (nSPS) is 22.8. The summed E-state index contributed by atoms with van der Waals surface area (Å²) >= 11 is 0. The molecule has 1 unspecified atom stereocenters. The van der Waals surface area contributed by atoms with Crippen molar-refractivity contribution in [2.45, 2.75) is 39.2 Å². The number of likely N-dealkylation sites (tertiary alicyclic amines) is 2. The second-order valence-electron chi connectivity index (χ2n) is 7.02. The molecular weight excluding hydrogens is 290 g/mol. The molecule has 23 heavy (non-hydrogen) atoms. The van der Waals surface area contributed by atoms with Crippen LogP contribution in [0.15, 0.2) is 10.5 Å². The first-order chi connectivity index (χ1) is 11.2. The molecule has 1 atom stereocenters. The minimum atomic E-state index is -0.0677. The quantitative estimate of drug-likeness (QED) is 0.872. The standard InChI is InChI=1S/C18H29N3O2/c1-3-16-15(13-21-7-4-5-8-21)10-17(23-16)18(22)19-11-14-6-9-20(2)12-14/h10,14H,3-9,11-13H2,1-2H3,(H,19,22). The van der Waals surface area contributed by atoms with Crippen LogP contribution in [0, 0.1) is 5.92 Å². The van der Waals surface area contributed by atoms with Gasteiger partial charge in [0.15, 0.2) is 5.76 Å². The van der Waals surface area contributed by atoms with Gasteiger partial charge in [-0.3, -0.25) is 9.69 Å². The Hall–Kier alpha value is -1.33. The van der Waals surface area contributed by atoms with Crippen LogP contribution in [0.25, 0.3) is 0 Å². The molecule has 2 saturated heterocycles. The maximum Gasteiger partial charge on any atom is 0.287 e. The van der Waals surface area contributed by atoms with Crippen LogP contribution in [-0.2, 0) is 13.0 Å². The molecule has 1 aromatic heterocycles. The van der Waals surface area contributed by atoms with E-state index in [2.05, 4.69) is 29.1 Å². The highest BCUT2D eigenvalue weighted by molar-refractivity contribution is 5.91. The van der Waals surface area contributed by atoms with Crippen LogP contribution < -0.4 is 5.32 Å². The number of nitrogens with zero attached hydrogens (tertiary/aromatic N) is 2. The van der Waals surface area contributed by atoms with Gasteiger partial charge in [-0.15, -0.1) is 0 Å². The molecule has 0 spiro atoms. The minimum absolute atomic E-state index is 0.0677. The summed E-state index contributed by atoms with van der Waals surface area (Å²) in [4.78, 5) is 17.1. The molecule has 2 aliphatic rings. The predicted octanol–water partition coefficient (Wildman–Crippen LogP) is 2.12. The lowest BCUT2D eigenvalue weighted by Gasteiger charge is -2.13. The topological polar surface area (TPSA) is 48.7 Å². The molecule has 0 bridgehead atoms. The van der Waals surface area contributed by atoms with Gasteiger partial charge >= 0.3 is 0 Å². The van der Waals surface area contributed by atoms with E-state index in [9.17, 15) is 4.79 Å². The zero-order valence-corrected chi connectivity index (χ0v) is 14.4. The van der Waals surface area contributed by atoms with Gasteiger partial charge in [0, 0.05) is 31.6 Å². The van der Waals surface area contributed by atoms with Gasteiger partial charge in [0.25, 0.3) is 5.91 Å². The SMILES string of the molecule is CCc1oc(C(=O)NCC2CCN(C)C2)cc1CN1CCCC1. The van der Waals surface area contributed by atoms with Crippen molar-refractivity contribution in [2.24, 2.45) is 5.92 Å². The van der Waals surface area contributed by atoms with Crippen molar-refractivity contribution in [1.29, 1.82) is 0 Å². The number of rotatable bonds is 6. The fourth-order valence-electron chi connectivity index (χ4n) is 3.71. The molecule has 5 heteroatoms. The number of carbonyl (C=O) groups is 1. The van der Waals surface area contributed by atoms with E-state index < -0.39 is 0 Å². The van der Waals surface area contributed by atoms with Gasteiger partial charge in [0.2, 0.25) is 0 Å². The van der Waals surface area contributed by atoms with E-state index in [-0.39, 0.29) is 5.91 Å². The van der Waals surface area contributed by atoms with Crippen LogP contribution >= 0.6 is 0 Å². The first-order valence-electron chi connectivity index (χ1n) is 8.96. The summed E-state index contributed by atoms with van der Waals surface area (Å²) in [7, 11) is 2.13. The van der Waals surface area contributed by atoms with Crippen LogP contribution in [0.1, 0.15) is 48.1 Å². The zero-order chi connectivity index (χ0) is 16.2. The molecule has 3 rings (SSSR count). The average Bonchev–Trinajstić information content (AvgIpc) is 3.26. The van der Waals surface area contributed by atoms with Gasteiger partial charge in [-0.25, -0.2) is 0 Å². The largest absolute Gasteiger partial charge is 0.456 e. The van der Waals surface area contributed by atoms with Crippen LogP contribution in [0.2, 0.25) is 0 Å². The first kappa shape index (κ1) is 16.5. The number of carbonyl (C=O) groups excluding carboxylic acids is 1. The molecule has 3 heterocycles. The van der Waals surface area contributed by atoms with E-state index in [0.717, 1.165) is 57.9 Å². The van der Waals surface area contributed by atoms with Crippen LogP contribution in [0.3, 0.4) is 0 Å². The van der Waals surface area contributed by atoms with Crippen molar-refractivity contribution in [3.63, 3.8) is 0 Å². The van der Waals surface area contributed by atoms with E-state index >= 15 is 0 Å². The number of nitrogens with one attached hydrogen (secondary N) is 1. The highest BCUT2D eigenvalue weighted by Gasteiger charge is 2.22. The van der Waals surface area contributed by atoms with Crippen molar-refractivity contribution in [3.05, 3.63) is 23.2 Å². The highest BCUT2D eigenvalue weighted by atomic mass is 16.4. The van der Waals surface area contributed by atoms with Crippen molar-refractivity contribution in [1.82, 2.24) is 15.1 Å². The molecule has 5 nitrogen and oxygen atoms in total. The Morgan fingerprint density at radius 2 is 2.13 bits per heavy atom. The van der Waals surface area contributed by atoms with Gasteiger partial charge in [0.1, 0.15) is 5.76 Å². The smallest absolute Gasteiger partial charge is 0.287 e. The van der Waals surface area contributed by atoms with E-state index in [4.69, 9.17) is 4.42 Å². The summed E-state index contributed by atoms with van der Waals surface area (Å²) < 4.78 is 5.82. The number of hydrogen-bond donors (Lipinski definition) is 1. The summed E-state index contributed by atoms with van der Waals surface area (Å²) in [6.45, 7) is 8.25. The molecule has 2 aliphatic heterocycles. The molecule has 0 radical (unpaired) electrons. The number of aryl methyl sites for hydroxylation is 1. The Labute approximate surface area is 139 Å². The minimum Gasteiger partial charge on any atom is -0.456 e. The lowest BCUT2D eigenvalue weighted by Crippen LogP contribution is -2.30. The monoisotopic (exact) mass is 319 g/mol. The molecule has 1 amide bonds. The maximum atomic E-state index is 12.4. The second-order valence-corrected chi connectivity index (χ2v) is 7.02. The Bertz CT molecular complexity index is 534. The summed E-state index contributed by atoms with van der Waals surface area (Å²) in [5.41, 5.74) is 1.18. The van der Waals surface area contributed by atoms with Gasteiger partial charge in [0.05, 0.1) is 0 Å². The van der Waals surface area contributed by atoms with Gasteiger partial charge in [-0.05, 0) is 57.9 Å². The molecule has 128 valence electrons. The first-order valence-corrected chi connectivity index (χ1v) is 8.96. The third-order valence-corrected chi connectivity index (χ3v) is 5.07. The molecule has 1 aromatic rings. The molecule has 1 N–H and O–H groups in total. The molecular formula is C18H29N3O2. The van der Waals surface area contributed by atoms with Crippen molar-refractivity contribution >= 4 is 5.91 Å². The fourth-order valence-corrected chi connectivity index (χ4v) is 3.71. The van der Waals surface area contributed by atoms with E-state index in [1.807, 2.05) is 6.07 Å². The highest BCUT2D eigenvalue weighted by Crippen LogP contribution is 2.21. The maximum absolute atomic E-state index is 12.4. The zero-order valence-electron chi connectivity index (χ0n) is 14.4. The summed E-state index contributed by atoms with van der Waals surface area (Å²) in [6.07, 6.45) is 4.56. The Balaban J connectivity index is 1.57. The summed E-state index contributed by atoms with van der Waals surface area (Å²) in [5.74, 6) is 1.93. The number of furan rings is 1. The average molecular weight is 319 g/mol. The van der Waals surface area contributed by atoms with Crippen molar-refractivity contribution < 1.29 is 9.21 Å². The Morgan fingerprint density at radius 3 is 2.78 bits per heavy atom. The lowest BCUT2D eigenvalue weighted by molar-refractivity contribution is 0.0918. The van der Waals surface area contributed by atoms with Crippen LogP contribution in [0.4, 0.5) is 0 Å². The number of amides is 1. The Kier molecular flexibility index (Phi) is 5.38. The van der Waals surface area contributed by atoms with Gasteiger partial charge in [-0.2, -0.15) is 0 Å². The second kappa shape index (κ2) is 7.49. The van der Waals surface area contributed by atoms with Gasteiger partial charge < -0.3 is 14.6 Å². The predicted molar refractivity (Wildman–Crippen MR) is 90.5 cm³/mol. The number of hydrogen-bond acceptors (Lipinski definition) is 4.